The van der Waals surface area contributed by atoms with Crippen LogP contribution in [0.1, 0.15) is 12.5 Å². The summed E-state index contributed by atoms with van der Waals surface area (Å²) in [6.45, 7) is 3.83. The van der Waals surface area contributed by atoms with Crippen molar-refractivity contribution < 1.29 is 20.1 Å². The van der Waals surface area contributed by atoms with E-state index in [2.05, 4.69) is 5.32 Å². The first-order valence-electron chi connectivity index (χ1n) is 6.35. The summed E-state index contributed by atoms with van der Waals surface area (Å²) >= 11 is 0. The molecule has 2 atom stereocenters. The molecule has 0 saturated carbocycles. The van der Waals surface area contributed by atoms with Crippen molar-refractivity contribution in [2.24, 2.45) is 0 Å². The Morgan fingerprint density at radius 3 is 2.68 bits per heavy atom. The Balaban J connectivity index is 2.25. The summed E-state index contributed by atoms with van der Waals surface area (Å²) in [5.74, 6) is 0.754. The van der Waals surface area contributed by atoms with Crippen molar-refractivity contribution in [1.29, 1.82) is 0 Å². The third kappa shape index (κ3) is 6.02. The van der Waals surface area contributed by atoms with E-state index in [-0.39, 0.29) is 19.8 Å². The molecule has 0 radical (unpaired) electrons. The zero-order valence-corrected chi connectivity index (χ0v) is 11.5. The second-order valence-electron chi connectivity index (χ2n) is 5.02. The van der Waals surface area contributed by atoms with Crippen LogP contribution in [-0.4, -0.2) is 53.3 Å². The van der Waals surface area contributed by atoms with Crippen molar-refractivity contribution in [1.82, 2.24) is 5.32 Å². The van der Waals surface area contributed by atoms with Crippen LogP contribution >= 0.6 is 0 Å². The van der Waals surface area contributed by atoms with Gasteiger partial charge in [0.2, 0.25) is 0 Å². The van der Waals surface area contributed by atoms with Gasteiger partial charge in [0.25, 0.3) is 0 Å². The van der Waals surface area contributed by atoms with E-state index in [0.29, 0.717) is 6.54 Å². The van der Waals surface area contributed by atoms with Gasteiger partial charge >= 0.3 is 0 Å². The first kappa shape index (κ1) is 15.9. The molecular weight excluding hydrogens is 246 g/mol. The number of ether oxygens (including phenoxy) is 1. The van der Waals surface area contributed by atoms with E-state index < -0.39 is 11.7 Å². The van der Waals surface area contributed by atoms with E-state index in [1.54, 1.807) is 0 Å². The maximum Gasteiger partial charge on any atom is 0.122 e. The van der Waals surface area contributed by atoms with E-state index >= 15 is 0 Å². The largest absolute Gasteiger partial charge is 0.491 e. The average molecular weight is 269 g/mol. The second kappa shape index (κ2) is 7.45. The van der Waals surface area contributed by atoms with Gasteiger partial charge in [0.05, 0.1) is 12.2 Å². The van der Waals surface area contributed by atoms with Gasteiger partial charge in [0, 0.05) is 13.1 Å². The Morgan fingerprint density at radius 2 is 2.05 bits per heavy atom. The minimum Gasteiger partial charge on any atom is -0.491 e. The first-order chi connectivity index (χ1) is 8.94. The number of nitrogens with one attached hydrogen (secondary N) is 1. The number of para-hydroxylation sites is 1. The van der Waals surface area contributed by atoms with E-state index in [4.69, 9.17) is 9.84 Å². The molecule has 1 aromatic rings. The van der Waals surface area contributed by atoms with Gasteiger partial charge in [-0.1, -0.05) is 18.2 Å². The highest BCUT2D eigenvalue weighted by molar-refractivity contribution is 5.31. The summed E-state index contributed by atoms with van der Waals surface area (Å²) in [4.78, 5) is 0. The smallest absolute Gasteiger partial charge is 0.122 e. The zero-order valence-electron chi connectivity index (χ0n) is 11.5. The summed E-state index contributed by atoms with van der Waals surface area (Å²) in [6, 6.07) is 7.60. The third-order valence-corrected chi connectivity index (χ3v) is 2.75. The summed E-state index contributed by atoms with van der Waals surface area (Å²) < 4.78 is 5.51. The number of aliphatic hydroxyl groups is 3. The number of hydrogen-bond acceptors (Lipinski definition) is 5. The molecule has 19 heavy (non-hydrogen) atoms. The van der Waals surface area contributed by atoms with Crippen LogP contribution in [0.3, 0.4) is 0 Å². The topological polar surface area (TPSA) is 82.0 Å². The molecule has 0 aliphatic carbocycles. The summed E-state index contributed by atoms with van der Waals surface area (Å²) in [5.41, 5.74) is -0.151. The molecule has 1 aromatic carbocycles. The fraction of sp³-hybridized carbons (Fsp3) is 0.571. The third-order valence-electron chi connectivity index (χ3n) is 2.75. The minimum atomic E-state index is -1.17. The number of aliphatic hydroxyl groups excluding tert-OH is 2. The molecule has 0 aliphatic rings. The van der Waals surface area contributed by atoms with Gasteiger partial charge in [-0.15, -0.1) is 0 Å². The summed E-state index contributed by atoms with van der Waals surface area (Å²) in [7, 11) is 0. The molecule has 5 nitrogen and oxygen atoms in total. The maximum absolute atomic E-state index is 9.74. The molecule has 0 aliphatic heterocycles. The lowest BCUT2D eigenvalue weighted by atomic mass is 10.1. The van der Waals surface area contributed by atoms with Gasteiger partial charge in [-0.3, -0.25) is 0 Å². The molecule has 1 rings (SSSR count). The van der Waals surface area contributed by atoms with Gasteiger partial charge in [0.15, 0.2) is 0 Å². The molecule has 108 valence electrons. The summed E-state index contributed by atoms with van der Waals surface area (Å²) in [6.07, 6.45) is -0.672. The van der Waals surface area contributed by atoms with Crippen molar-refractivity contribution >= 4 is 0 Å². The first-order valence-corrected chi connectivity index (χ1v) is 6.35. The van der Waals surface area contributed by atoms with Crippen molar-refractivity contribution in [2.75, 3.05) is 26.3 Å². The molecule has 4 N–H and O–H groups in total. The van der Waals surface area contributed by atoms with Crippen LogP contribution < -0.4 is 10.1 Å². The number of aryl methyl sites for hydroxylation is 1. The lowest BCUT2D eigenvalue weighted by Gasteiger charge is -2.22. The number of hydrogen-bond donors (Lipinski definition) is 4. The van der Waals surface area contributed by atoms with Crippen LogP contribution in [0.2, 0.25) is 0 Å². The average Bonchev–Trinajstić information content (AvgIpc) is 2.37. The Kier molecular flexibility index (Phi) is 6.24. The van der Waals surface area contributed by atoms with E-state index in [9.17, 15) is 10.2 Å². The van der Waals surface area contributed by atoms with Crippen LogP contribution in [0.25, 0.3) is 0 Å². The molecule has 5 heteroatoms. The van der Waals surface area contributed by atoms with Gasteiger partial charge < -0.3 is 25.4 Å². The molecule has 2 unspecified atom stereocenters. The van der Waals surface area contributed by atoms with Crippen LogP contribution in [0.15, 0.2) is 24.3 Å². The molecule has 0 aromatic heterocycles. The Bertz CT molecular complexity index is 381. The fourth-order valence-corrected chi connectivity index (χ4v) is 1.53. The van der Waals surface area contributed by atoms with Gasteiger partial charge in [0.1, 0.15) is 18.5 Å². The lowest BCUT2D eigenvalue weighted by molar-refractivity contribution is -0.000330. The zero-order chi connectivity index (χ0) is 14.3. The van der Waals surface area contributed by atoms with Gasteiger partial charge in [-0.05, 0) is 25.5 Å². The van der Waals surface area contributed by atoms with Crippen molar-refractivity contribution in [3.8, 4) is 5.75 Å². The number of benzene rings is 1. The van der Waals surface area contributed by atoms with Gasteiger partial charge in [-0.25, -0.2) is 0 Å². The summed E-state index contributed by atoms with van der Waals surface area (Å²) in [5, 5.41) is 31.0. The molecule has 0 saturated heterocycles. The Morgan fingerprint density at radius 1 is 1.37 bits per heavy atom. The Hall–Kier alpha value is -1.14. The van der Waals surface area contributed by atoms with Crippen LogP contribution in [-0.2, 0) is 0 Å². The SMILES string of the molecule is Cc1ccccc1OCC(O)CNCC(C)(O)CO. The van der Waals surface area contributed by atoms with Crippen LogP contribution in [0.5, 0.6) is 5.75 Å². The van der Waals surface area contributed by atoms with Crippen molar-refractivity contribution in [2.45, 2.75) is 25.6 Å². The normalized spacial score (nSPS) is 15.8. The van der Waals surface area contributed by atoms with Crippen LogP contribution in [0.4, 0.5) is 0 Å². The quantitative estimate of drug-likeness (QED) is 0.537. The van der Waals surface area contributed by atoms with Crippen LogP contribution in [0, 0.1) is 6.92 Å². The highest BCUT2D eigenvalue weighted by Gasteiger charge is 2.18. The Labute approximate surface area is 113 Å². The molecular formula is C14H23NO4. The predicted molar refractivity (Wildman–Crippen MR) is 73.3 cm³/mol. The standard InChI is InChI=1S/C14H23NO4/c1-11-5-3-4-6-13(11)19-8-12(17)7-15-9-14(2,18)10-16/h3-6,12,15-18H,7-10H2,1-2H3. The lowest BCUT2D eigenvalue weighted by Crippen LogP contribution is -2.44. The molecule has 0 amide bonds. The second-order valence-corrected chi connectivity index (χ2v) is 5.02. The highest BCUT2D eigenvalue weighted by atomic mass is 16.5. The minimum absolute atomic E-state index is 0.180. The fourth-order valence-electron chi connectivity index (χ4n) is 1.53. The number of rotatable bonds is 8. The van der Waals surface area contributed by atoms with Crippen molar-refractivity contribution in [3.05, 3.63) is 29.8 Å². The molecule has 0 heterocycles. The van der Waals surface area contributed by atoms with E-state index in [1.165, 1.54) is 6.92 Å². The van der Waals surface area contributed by atoms with E-state index in [0.717, 1.165) is 11.3 Å². The highest BCUT2D eigenvalue weighted by Crippen LogP contribution is 2.16. The van der Waals surface area contributed by atoms with E-state index in [1.807, 2.05) is 31.2 Å². The predicted octanol–water partition coefficient (Wildman–Crippen LogP) is 0.0676. The maximum atomic E-state index is 9.74. The van der Waals surface area contributed by atoms with Crippen molar-refractivity contribution in [3.63, 3.8) is 0 Å². The monoisotopic (exact) mass is 269 g/mol. The molecule has 0 spiro atoms. The van der Waals surface area contributed by atoms with Gasteiger partial charge in [-0.2, -0.15) is 0 Å². The molecule has 0 bridgehead atoms. The molecule has 0 fully saturated rings.